The number of benzene rings is 2. The molecule has 0 spiro atoms. The SMILES string of the molecule is COc1ccc(NC(=O)OC(C)(C)C)c(Sc2ccc(C)cc2)c1. The van der Waals surface area contributed by atoms with Crippen molar-refractivity contribution in [2.75, 3.05) is 12.4 Å². The highest BCUT2D eigenvalue weighted by atomic mass is 32.2. The first-order valence-corrected chi connectivity index (χ1v) is 8.51. The van der Waals surface area contributed by atoms with Crippen LogP contribution >= 0.6 is 11.8 Å². The molecule has 0 aromatic heterocycles. The largest absolute Gasteiger partial charge is 0.497 e. The van der Waals surface area contributed by atoms with Gasteiger partial charge in [0.05, 0.1) is 12.8 Å². The summed E-state index contributed by atoms with van der Waals surface area (Å²) in [5, 5.41) is 2.81. The smallest absolute Gasteiger partial charge is 0.412 e. The van der Waals surface area contributed by atoms with Gasteiger partial charge in [0.15, 0.2) is 0 Å². The quantitative estimate of drug-likeness (QED) is 0.794. The van der Waals surface area contributed by atoms with Crippen molar-refractivity contribution in [2.24, 2.45) is 0 Å². The Bertz CT molecular complexity index is 706. The van der Waals surface area contributed by atoms with Crippen LogP contribution in [0.3, 0.4) is 0 Å². The van der Waals surface area contributed by atoms with E-state index in [1.54, 1.807) is 18.9 Å². The number of hydrogen-bond donors (Lipinski definition) is 1. The van der Waals surface area contributed by atoms with Crippen molar-refractivity contribution < 1.29 is 14.3 Å². The molecule has 2 aromatic rings. The van der Waals surface area contributed by atoms with E-state index in [0.29, 0.717) is 5.69 Å². The van der Waals surface area contributed by atoms with Crippen LogP contribution in [0.5, 0.6) is 5.75 Å². The molecular formula is C19H23NO3S. The van der Waals surface area contributed by atoms with E-state index in [9.17, 15) is 4.79 Å². The summed E-state index contributed by atoms with van der Waals surface area (Å²) >= 11 is 1.56. The first kappa shape index (κ1) is 18.2. The van der Waals surface area contributed by atoms with Gasteiger partial charge in [0.25, 0.3) is 0 Å². The van der Waals surface area contributed by atoms with E-state index < -0.39 is 11.7 Å². The lowest BCUT2D eigenvalue weighted by Gasteiger charge is -2.20. The summed E-state index contributed by atoms with van der Waals surface area (Å²) in [7, 11) is 1.62. The van der Waals surface area contributed by atoms with Gasteiger partial charge in [-0.25, -0.2) is 4.79 Å². The van der Waals surface area contributed by atoms with E-state index in [2.05, 4.69) is 36.5 Å². The molecule has 0 aliphatic carbocycles. The number of carbonyl (C=O) groups excluding carboxylic acids is 1. The first-order chi connectivity index (χ1) is 11.3. The molecule has 0 saturated heterocycles. The number of ether oxygens (including phenoxy) is 2. The summed E-state index contributed by atoms with van der Waals surface area (Å²) in [5.41, 5.74) is 1.36. The summed E-state index contributed by atoms with van der Waals surface area (Å²) in [6, 6.07) is 13.8. The lowest BCUT2D eigenvalue weighted by atomic mass is 10.2. The van der Waals surface area contributed by atoms with Crippen molar-refractivity contribution in [3.8, 4) is 5.75 Å². The summed E-state index contributed by atoms with van der Waals surface area (Å²) < 4.78 is 10.6. The zero-order chi connectivity index (χ0) is 17.7. The number of carbonyl (C=O) groups is 1. The van der Waals surface area contributed by atoms with Crippen molar-refractivity contribution in [1.82, 2.24) is 0 Å². The van der Waals surface area contributed by atoms with Crippen LogP contribution in [0.2, 0.25) is 0 Å². The third-order valence-corrected chi connectivity index (χ3v) is 4.14. The van der Waals surface area contributed by atoms with Crippen molar-refractivity contribution in [1.29, 1.82) is 0 Å². The molecule has 2 rings (SSSR count). The Hall–Kier alpha value is -2.14. The van der Waals surface area contributed by atoms with Gasteiger partial charge in [0.1, 0.15) is 11.4 Å². The van der Waals surface area contributed by atoms with Crippen LogP contribution in [-0.4, -0.2) is 18.8 Å². The highest BCUT2D eigenvalue weighted by Crippen LogP contribution is 2.36. The maximum absolute atomic E-state index is 12.1. The second-order valence-corrected chi connectivity index (χ2v) is 7.52. The molecular weight excluding hydrogens is 322 g/mol. The third kappa shape index (κ3) is 5.49. The molecule has 0 heterocycles. The van der Waals surface area contributed by atoms with Crippen LogP contribution in [-0.2, 0) is 4.74 Å². The zero-order valence-electron chi connectivity index (χ0n) is 14.7. The molecule has 0 radical (unpaired) electrons. The number of methoxy groups -OCH3 is 1. The summed E-state index contributed by atoms with van der Waals surface area (Å²) in [6.45, 7) is 7.56. The molecule has 0 atom stereocenters. The molecule has 0 saturated carbocycles. The average molecular weight is 345 g/mol. The summed E-state index contributed by atoms with van der Waals surface area (Å²) in [5.74, 6) is 0.736. The molecule has 4 nitrogen and oxygen atoms in total. The van der Waals surface area contributed by atoms with Gasteiger partial charge in [-0.3, -0.25) is 5.32 Å². The predicted molar refractivity (Wildman–Crippen MR) is 98.2 cm³/mol. The Balaban J connectivity index is 2.24. The number of anilines is 1. The highest BCUT2D eigenvalue weighted by molar-refractivity contribution is 7.99. The number of hydrogen-bond acceptors (Lipinski definition) is 4. The van der Waals surface area contributed by atoms with Crippen LogP contribution < -0.4 is 10.1 Å². The molecule has 1 N–H and O–H groups in total. The number of rotatable bonds is 4. The number of amides is 1. The molecule has 0 bridgehead atoms. The minimum absolute atomic E-state index is 0.474. The Kier molecular flexibility index (Phi) is 5.78. The van der Waals surface area contributed by atoms with Gasteiger partial charge in [0.2, 0.25) is 0 Å². The Morgan fingerprint density at radius 3 is 2.33 bits per heavy atom. The molecule has 0 unspecified atom stereocenters. The van der Waals surface area contributed by atoms with Gasteiger partial charge < -0.3 is 9.47 Å². The molecule has 128 valence electrons. The van der Waals surface area contributed by atoms with Crippen molar-refractivity contribution in [2.45, 2.75) is 43.1 Å². The monoisotopic (exact) mass is 345 g/mol. The van der Waals surface area contributed by atoms with E-state index in [1.165, 1.54) is 5.56 Å². The van der Waals surface area contributed by atoms with Crippen LogP contribution in [0.25, 0.3) is 0 Å². The van der Waals surface area contributed by atoms with Crippen molar-refractivity contribution >= 4 is 23.5 Å². The number of nitrogens with one attached hydrogen (secondary N) is 1. The first-order valence-electron chi connectivity index (χ1n) is 7.69. The zero-order valence-corrected chi connectivity index (χ0v) is 15.5. The van der Waals surface area contributed by atoms with E-state index >= 15 is 0 Å². The van der Waals surface area contributed by atoms with Gasteiger partial charge in [-0.15, -0.1) is 0 Å². The second-order valence-electron chi connectivity index (χ2n) is 6.40. The van der Waals surface area contributed by atoms with Gasteiger partial charge in [-0.1, -0.05) is 29.5 Å². The van der Waals surface area contributed by atoms with Gasteiger partial charge in [0, 0.05) is 9.79 Å². The second kappa shape index (κ2) is 7.62. The molecule has 0 aliphatic heterocycles. The van der Waals surface area contributed by atoms with Gasteiger partial charge >= 0.3 is 6.09 Å². The van der Waals surface area contributed by atoms with Crippen LogP contribution in [0.15, 0.2) is 52.3 Å². The fourth-order valence-electron chi connectivity index (χ4n) is 1.96. The van der Waals surface area contributed by atoms with E-state index in [0.717, 1.165) is 15.5 Å². The maximum Gasteiger partial charge on any atom is 0.412 e. The normalized spacial score (nSPS) is 11.0. The average Bonchev–Trinajstić information content (AvgIpc) is 2.49. The number of aryl methyl sites for hydroxylation is 1. The minimum atomic E-state index is -0.541. The summed E-state index contributed by atoms with van der Waals surface area (Å²) in [6.07, 6.45) is -0.474. The fraction of sp³-hybridized carbons (Fsp3) is 0.316. The molecule has 24 heavy (non-hydrogen) atoms. The van der Waals surface area contributed by atoms with E-state index in [-0.39, 0.29) is 0 Å². The molecule has 2 aromatic carbocycles. The van der Waals surface area contributed by atoms with Crippen LogP contribution in [0, 0.1) is 6.92 Å². The summed E-state index contributed by atoms with van der Waals surface area (Å²) in [4.78, 5) is 14.0. The molecule has 5 heteroatoms. The highest BCUT2D eigenvalue weighted by Gasteiger charge is 2.17. The Labute approximate surface area is 147 Å². The molecule has 1 amide bonds. The predicted octanol–water partition coefficient (Wildman–Crippen LogP) is 5.50. The van der Waals surface area contributed by atoms with Gasteiger partial charge in [-0.2, -0.15) is 0 Å². The lowest BCUT2D eigenvalue weighted by Crippen LogP contribution is -2.27. The van der Waals surface area contributed by atoms with E-state index in [4.69, 9.17) is 9.47 Å². The fourth-order valence-corrected chi connectivity index (χ4v) is 2.89. The van der Waals surface area contributed by atoms with Crippen LogP contribution in [0.1, 0.15) is 26.3 Å². The standard InChI is InChI=1S/C19H23NO3S/c1-13-6-9-15(10-7-13)24-17-12-14(22-5)8-11-16(17)20-18(21)23-19(2,3)4/h6-12H,1-5H3,(H,20,21). The molecule has 0 fully saturated rings. The Morgan fingerprint density at radius 2 is 1.75 bits per heavy atom. The molecule has 0 aliphatic rings. The van der Waals surface area contributed by atoms with Crippen molar-refractivity contribution in [3.63, 3.8) is 0 Å². The maximum atomic E-state index is 12.1. The third-order valence-electron chi connectivity index (χ3n) is 3.07. The van der Waals surface area contributed by atoms with Gasteiger partial charge in [-0.05, 0) is 58.0 Å². The Morgan fingerprint density at radius 1 is 1.08 bits per heavy atom. The van der Waals surface area contributed by atoms with Crippen LogP contribution in [0.4, 0.5) is 10.5 Å². The van der Waals surface area contributed by atoms with E-state index in [1.807, 2.05) is 39.0 Å². The van der Waals surface area contributed by atoms with Crippen molar-refractivity contribution in [3.05, 3.63) is 48.0 Å². The lowest BCUT2D eigenvalue weighted by molar-refractivity contribution is 0.0635. The minimum Gasteiger partial charge on any atom is -0.497 e. The topological polar surface area (TPSA) is 47.6 Å².